The summed E-state index contributed by atoms with van der Waals surface area (Å²) in [6.07, 6.45) is 2.19. The summed E-state index contributed by atoms with van der Waals surface area (Å²) in [5.74, 6) is 1.86. The maximum atomic E-state index is 11.5. The van der Waals surface area contributed by atoms with Gasteiger partial charge in [0.25, 0.3) is 0 Å². The molecule has 3 aliphatic rings. The molecule has 3 heterocycles. The van der Waals surface area contributed by atoms with Crippen molar-refractivity contribution < 1.29 is 4.79 Å². The summed E-state index contributed by atoms with van der Waals surface area (Å²) in [6.45, 7) is 11.4. The standard InChI is InChI=1S/C14H23N5O/c1-9-15-13-12(8-18(4)11(3)20)16-10(2)19-7-5-6-14(13,19)17-9/h12-13,15-17H,1-2,5-8H2,3-4H3/t12?,13-,14+/m0/s1. The lowest BCUT2D eigenvalue weighted by Crippen LogP contribution is -2.71. The molecular weight excluding hydrogens is 254 g/mol. The lowest BCUT2D eigenvalue weighted by Gasteiger charge is -2.50. The number of carbonyl (C=O) groups excluding carboxylic acids is 1. The highest BCUT2D eigenvalue weighted by Crippen LogP contribution is 2.40. The average molecular weight is 277 g/mol. The van der Waals surface area contributed by atoms with Gasteiger partial charge in [-0.3, -0.25) is 4.79 Å². The Balaban J connectivity index is 1.88. The van der Waals surface area contributed by atoms with Gasteiger partial charge in [-0.2, -0.15) is 0 Å². The van der Waals surface area contributed by atoms with E-state index in [4.69, 9.17) is 0 Å². The molecule has 3 atom stereocenters. The van der Waals surface area contributed by atoms with Crippen molar-refractivity contribution in [2.75, 3.05) is 20.1 Å². The summed E-state index contributed by atoms with van der Waals surface area (Å²) in [5.41, 5.74) is -0.137. The van der Waals surface area contributed by atoms with Crippen molar-refractivity contribution in [1.82, 2.24) is 25.8 Å². The van der Waals surface area contributed by atoms with Crippen LogP contribution in [-0.2, 0) is 4.79 Å². The van der Waals surface area contributed by atoms with Gasteiger partial charge in [0.2, 0.25) is 5.91 Å². The second-order valence-corrected chi connectivity index (χ2v) is 6.00. The number of carbonyl (C=O) groups is 1. The highest BCUT2D eigenvalue weighted by molar-refractivity contribution is 5.72. The first-order chi connectivity index (χ1) is 9.44. The van der Waals surface area contributed by atoms with Crippen LogP contribution >= 0.6 is 0 Å². The molecule has 0 aromatic heterocycles. The fourth-order valence-corrected chi connectivity index (χ4v) is 3.74. The zero-order valence-electron chi connectivity index (χ0n) is 12.2. The van der Waals surface area contributed by atoms with Crippen LogP contribution in [0.15, 0.2) is 24.8 Å². The van der Waals surface area contributed by atoms with Gasteiger partial charge in [0, 0.05) is 27.1 Å². The number of nitrogens with one attached hydrogen (secondary N) is 3. The van der Waals surface area contributed by atoms with Crippen LogP contribution in [0.3, 0.4) is 0 Å². The van der Waals surface area contributed by atoms with Gasteiger partial charge < -0.3 is 25.8 Å². The molecule has 6 nitrogen and oxygen atoms in total. The molecule has 0 bridgehead atoms. The Morgan fingerprint density at radius 3 is 2.95 bits per heavy atom. The van der Waals surface area contributed by atoms with Crippen LogP contribution in [0, 0.1) is 0 Å². The summed E-state index contributed by atoms with van der Waals surface area (Å²) < 4.78 is 0. The molecule has 0 saturated carbocycles. The van der Waals surface area contributed by atoms with Gasteiger partial charge in [-0.1, -0.05) is 13.2 Å². The van der Waals surface area contributed by atoms with E-state index in [-0.39, 0.29) is 23.7 Å². The SMILES string of the molecule is C=C1N[C@H]2C(CN(C)C(C)=O)NC(=C)N3CCC[C@]23N1. The second kappa shape index (κ2) is 4.33. The lowest BCUT2D eigenvalue weighted by atomic mass is 9.89. The van der Waals surface area contributed by atoms with Crippen LogP contribution in [0.4, 0.5) is 0 Å². The normalized spacial score (nSPS) is 34.8. The number of amides is 1. The van der Waals surface area contributed by atoms with Crippen LogP contribution < -0.4 is 16.0 Å². The first kappa shape index (κ1) is 13.1. The van der Waals surface area contributed by atoms with E-state index < -0.39 is 0 Å². The number of rotatable bonds is 2. The van der Waals surface area contributed by atoms with E-state index in [1.165, 1.54) is 0 Å². The molecule has 3 aliphatic heterocycles. The zero-order valence-corrected chi connectivity index (χ0v) is 12.2. The number of hydrogen-bond donors (Lipinski definition) is 3. The molecule has 3 N–H and O–H groups in total. The van der Waals surface area contributed by atoms with Gasteiger partial charge >= 0.3 is 0 Å². The second-order valence-electron chi connectivity index (χ2n) is 6.00. The predicted octanol–water partition coefficient (Wildman–Crippen LogP) is -0.268. The van der Waals surface area contributed by atoms with Crippen LogP contribution in [0.1, 0.15) is 19.8 Å². The minimum Gasteiger partial charge on any atom is -0.365 e. The molecule has 3 rings (SSSR count). The van der Waals surface area contributed by atoms with E-state index >= 15 is 0 Å². The van der Waals surface area contributed by atoms with E-state index in [1.54, 1.807) is 11.8 Å². The Kier molecular flexibility index (Phi) is 2.84. The van der Waals surface area contributed by atoms with Crippen molar-refractivity contribution in [1.29, 1.82) is 0 Å². The molecule has 20 heavy (non-hydrogen) atoms. The van der Waals surface area contributed by atoms with Gasteiger partial charge in [-0.05, 0) is 12.8 Å². The maximum absolute atomic E-state index is 11.5. The smallest absolute Gasteiger partial charge is 0.219 e. The van der Waals surface area contributed by atoms with Gasteiger partial charge in [0.05, 0.1) is 23.7 Å². The molecule has 0 radical (unpaired) electrons. The summed E-state index contributed by atoms with van der Waals surface area (Å²) in [5, 5.41) is 10.4. The first-order valence-corrected chi connectivity index (χ1v) is 7.12. The molecule has 3 fully saturated rings. The minimum absolute atomic E-state index is 0.0742. The highest BCUT2D eigenvalue weighted by atomic mass is 16.2. The van der Waals surface area contributed by atoms with Crippen molar-refractivity contribution in [3.05, 3.63) is 24.8 Å². The molecular formula is C14H23N5O. The van der Waals surface area contributed by atoms with E-state index in [9.17, 15) is 4.79 Å². The van der Waals surface area contributed by atoms with Crippen LogP contribution in [0.5, 0.6) is 0 Å². The van der Waals surface area contributed by atoms with Crippen molar-refractivity contribution in [2.45, 2.75) is 37.5 Å². The van der Waals surface area contributed by atoms with Crippen molar-refractivity contribution in [3.63, 3.8) is 0 Å². The van der Waals surface area contributed by atoms with Crippen molar-refractivity contribution >= 4 is 5.91 Å². The number of hydrogen-bond acceptors (Lipinski definition) is 5. The first-order valence-electron chi connectivity index (χ1n) is 7.12. The Hall–Kier alpha value is -1.85. The fourth-order valence-electron chi connectivity index (χ4n) is 3.74. The Labute approximate surface area is 119 Å². The quantitative estimate of drug-likeness (QED) is 0.649. The molecule has 0 aromatic carbocycles. The summed E-state index contributed by atoms with van der Waals surface area (Å²) in [7, 11) is 1.83. The molecule has 0 aromatic rings. The molecule has 3 saturated heterocycles. The molecule has 1 unspecified atom stereocenters. The topological polar surface area (TPSA) is 59.6 Å². The van der Waals surface area contributed by atoms with Gasteiger partial charge in [-0.25, -0.2) is 0 Å². The third-order valence-electron chi connectivity index (χ3n) is 4.72. The Morgan fingerprint density at radius 2 is 2.25 bits per heavy atom. The van der Waals surface area contributed by atoms with E-state index in [0.29, 0.717) is 6.54 Å². The average Bonchev–Trinajstić information content (AvgIpc) is 2.92. The predicted molar refractivity (Wildman–Crippen MR) is 77.2 cm³/mol. The molecule has 1 amide bonds. The van der Waals surface area contributed by atoms with E-state index in [2.05, 4.69) is 34.0 Å². The minimum atomic E-state index is -0.137. The Morgan fingerprint density at radius 1 is 1.50 bits per heavy atom. The van der Waals surface area contributed by atoms with Gasteiger partial charge in [0.15, 0.2) is 0 Å². The van der Waals surface area contributed by atoms with Crippen LogP contribution in [-0.4, -0.2) is 53.6 Å². The summed E-state index contributed by atoms with van der Waals surface area (Å²) >= 11 is 0. The fraction of sp³-hybridized carbons (Fsp3) is 0.643. The van der Waals surface area contributed by atoms with Crippen molar-refractivity contribution in [3.8, 4) is 0 Å². The molecule has 110 valence electrons. The van der Waals surface area contributed by atoms with E-state index in [1.807, 2.05) is 7.05 Å². The largest absolute Gasteiger partial charge is 0.365 e. The highest BCUT2D eigenvalue weighted by Gasteiger charge is 2.57. The monoisotopic (exact) mass is 277 g/mol. The number of likely N-dealkylation sites (N-methyl/N-ethyl adjacent to an activating group) is 1. The van der Waals surface area contributed by atoms with Gasteiger partial charge in [-0.15, -0.1) is 0 Å². The van der Waals surface area contributed by atoms with E-state index in [0.717, 1.165) is 31.0 Å². The summed E-state index contributed by atoms with van der Waals surface area (Å²) in [4.78, 5) is 15.5. The van der Waals surface area contributed by atoms with Crippen molar-refractivity contribution in [2.24, 2.45) is 0 Å². The Bertz CT molecular complexity index is 476. The zero-order chi connectivity index (χ0) is 14.5. The molecule has 1 spiro atoms. The maximum Gasteiger partial charge on any atom is 0.219 e. The van der Waals surface area contributed by atoms with Crippen LogP contribution in [0.25, 0.3) is 0 Å². The van der Waals surface area contributed by atoms with Crippen LogP contribution in [0.2, 0.25) is 0 Å². The lowest BCUT2D eigenvalue weighted by molar-refractivity contribution is -0.128. The third kappa shape index (κ3) is 1.74. The van der Waals surface area contributed by atoms with Gasteiger partial charge in [0.1, 0.15) is 5.66 Å². The summed E-state index contributed by atoms with van der Waals surface area (Å²) in [6, 6.07) is 0.308. The third-order valence-corrected chi connectivity index (χ3v) is 4.72. The number of nitrogens with zero attached hydrogens (tertiary/aromatic N) is 2. The molecule has 0 aliphatic carbocycles. The molecule has 6 heteroatoms.